The van der Waals surface area contributed by atoms with Crippen LogP contribution in [0.1, 0.15) is 44.6 Å². The van der Waals surface area contributed by atoms with E-state index in [9.17, 15) is 0 Å². The highest BCUT2D eigenvalue weighted by molar-refractivity contribution is 5.46. The Kier molecular flexibility index (Phi) is 3.87. The van der Waals surface area contributed by atoms with E-state index < -0.39 is 0 Å². The van der Waals surface area contributed by atoms with Crippen molar-refractivity contribution in [3.8, 4) is 0 Å². The minimum Gasteiger partial charge on any atom is -0.382 e. The summed E-state index contributed by atoms with van der Waals surface area (Å²) in [6.07, 6.45) is 6.84. The van der Waals surface area contributed by atoms with Gasteiger partial charge in [0, 0.05) is 11.7 Å². The number of benzene rings is 1. The maximum Gasteiger partial charge on any atom is 0.0344 e. The van der Waals surface area contributed by atoms with Gasteiger partial charge in [0.1, 0.15) is 0 Å². The topological polar surface area (TPSA) is 12.0 Å². The molecule has 1 saturated carbocycles. The molecule has 1 nitrogen and oxygen atoms in total. The summed E-state index contributed by atoms with van der Waals surface area (Å²) in [5, 5.41) is 3.67. The van der Waals surface area contributed by atoms with Crippen molar-refractivity contribution < 1.29 is 0 Å². The minimum absolute atomic E-state index is 0.699. The summed E-state index contributed by atoms with van der Waals surface area (Å²) in [7, 11) is 0. The number of anilines is 1. The number of hydrogen-bond acceptors (Lipinski definition) is 1. The van der Waals surface area contributed by atoms with Crippen LogP contribution in [0.2, 0.25) is 0 Å². The van der Waals surface area contributed by atoms with E-state index in [1.165, 1.54) is 43.4 Å². The van der Waals surface area contributed by atoms with E-state index in [1.54, 1.807) is 0 Å². The third-order valence-corrected chi connectivity index (χ3v) is 3.81. The van der Waals surface area contributed by atoms with Crippen molar-refractivity contribution in [2.75, 3.05) is 5.32 Å². The van der Waals surface area contributed by atoms with E-state index in [0.29, 0.717) is 6.04 Å². The lowest BCUT2D eigenvalue weighted by molar-refractivity contribution is 0.330. The fraction of sp³-hybridized carbons (Fsp3) is 0.600. The van der Waals surface area contributed by atoms with Crippen molar-refractivity contribution in [1.29, 1.82) is 0 Å². The minimum atomic E-state index is 0.699. The van der Waals surface area contributed by atoms with Gasteiger partial charge in [-0.05, 0) is 56.2 Å². The molecule has 1 fully saturated rings. The Morgan fingerprint density at radius 2 is 1.94 bits per heavy atom. The molecule has 0 aromatic heterocycles. The van der Waals surface area contributed by atoms with E-state index in [4.69, 9.17) is 0 Å². The molecule has 2 rings (SSSR count). The Bertz CT molecular complexity index is 324. The van der Waals surface area contributed by atoms with Gasteiger partial charge in [0.25, 0.3) is 0 Å². The molecule has 0 bridgehead atoms. The largest absolute Gasteiger partial charge is 0.382 e. The molecule has 1 aromatic rings. The van der Waals surface area contributed by atoms with Crippen LogP contribution >= 0.6 is 0 Å². The standard InChI is InChI=1S/C15H23N/c1-3-13-7-9-14(10-8-13)16-15-6-4-5-12(2)11-15/h4-6,11,13-14,16H,3,7-10H2,1-2H3. The van der Waals surface area contributed by atoms with Crippen molar-refractivity contribution in [3.05, 3.63) is 29.8 Å². The van der Waals surface area contributed by atoms with Crippen molar-refractivity contribution >= 4 is 5.69 Å². The molecule has 1 aliphatic carbocycles. The summed E-state index contributed by atoms with van der Waals surface area (Å²) in [4.78, 5) is 0. The zero-order valence-corrected chi connectivity index (χ0v) is 10.5. The average Bonchev–Trinajstić information content (AvgIpc) is 2.30. The summed E-state index contributed by atoms with van der Waals surface area (Å²) in [6.45, 7) is 4.47. The number of rotatable bonds is 3. The van der Waals surface area contributed by atoms with Crippen LogP contribution in [0.25, 0.3) is 0 Å². The first-order chi connectivity index (χ1) is 7.78. The van der Waals surface area contributed by atoms with Gasteiger partial charge in [0.15, 0.2) is 0 Å². The molecular formula is C15H23N. The van der Waals surface area contributed by atoms with Crippen LogP contribution in [-0.4, -0.2) is 6.04 Å². The Labute approximate surface area is 99.3 Å². The molecule has 0 aliphatic heterocycles. The molecule has 0 amide bonds. The van der Waals surface area contributed by atoms with Crippen LogP contribution in [0.4, 0.5) is 5.69 Å². The first-order valence-electron chi connectivity index (χ1n) is 6.61. The molecular weight excluding hydrogens is 194 g/mol. The summed E-state index contributed by atoms with van der Waals surface area (Å²) >= 11 is 0. The predicted molar refractivity (Wildman–Crippen MR) is 70.8 cm³/mol. The molecule has 88 valence electrons. The van der Waals surface area contributed by atoms with Gasteiger partial charge in [-0.25, -0.2) is 0 Å². The van der Waals surface area contributed by atoms with Gasteiger partial charge in [0.05, 0.1) is 0 Å². The van der Waals surface area contributed by atoms with E-state index >= 15 is 0 Å². The monoisotopic (exact) mass is 217 g/mol. The lowest BCUT2D eigenvalue weighted by Crippen LogP contribution is -2.25. The molecule has 0 unspecified atom stereocenters. The van der Waals surface area contributed by atoms with Crippen molar-refractivity contribution in [1.82, 2.24) is 0 Å². The molecule has 1 N–H and O–H groups in total. The average molecular weight is 217 g/mol. The van der Waals surface area contributed by atoms with Crippen molar-refractivity contribution in [2.24, 2.45) is 5.92 Å². The first kappa shape index (κ1) is 11.5. The maximum absolute atomic E-state index is 3.67. The van der Waals surface area contributed by atoms with Gasteiger partial charge in [-0.2, -0.15) is 0 Å². The highest BCUT2D eigenvalue weighted by atomic mass is 14.9. The molecule has 0 radical (unpaired) electrons. The molecule has 16 heavy (non-hydrogen) atoms. The summed E-state index contributed by atoms with van der Waals surface area (Å²) in [6, 6.07) is 9.41. The van der Waals surface area contributed by atoms with Gasteiger partial charge < -0.3 is 5.32 Å². The molecule has 1 aliphatic rings. The normalized spacial score (nSPS) is 25.4. The maximum atomic E-state index is 3.67. The molecule has 1 aromatic carbocycles. The van der Waals surface area contributed by atoms with Crippen LogP contribution in [0, 0.1) is 12.8 Å². The zero-order chi connectivity index (χ0) is 11.4. The SMILES string of the molecule is CCC1CCC(Nc2cccc(C)c2)CC1. The van der Waals surface area contributed by atoms with Crippen LogP contribution in [0.5, 0.6) is 0 Å². The van der Waals surface area contributed by atoms with Crippen molar-refractivity contribution in [3.63, 3.8) is 0 Å². The highest BCUT2D eigenvalue weighted by Gasteiger charge is 2.19. The van der Waals surface area contributed by atoms with E-state index in [2.05, 4.69) is 43.4 Å². The van der Waals surface area contributed by atoms with Crippen LogP contribution < -0.4 is 5.32 Å². The molecule has 0 heterocycles. The van der Waals surface area contributed by atoms with Crippen LogP contribution in [-0.2, 0) is 0 Å². The highest BCUT2D eigenvalue weighted by Crippen LogP contribution is 2.28. The van der Waals surface area contributed by atoms with E-state index in [1.807, 2.05) is 0 Å². The molecule has 0 saturated heterocycles. The third-order valence-electron chi connectivity index (χ3n) is 3.81. The van der Waals surface area contributed by atoms with Gasteiger partial charge in [-0.1, -0.05) is 25.5 Å². The lowest BCUT2D eigenvalue weighted by Gasteiger charge is -2.29. The Balaban J connectivity index is 1.87. The fourth-order valence-electron chi connectivity index (χ4n) is 2.69. The van der Waals surface area contributed by atoms with Gasteiger partial charge in [-0.3, -0.25) is 0 Å². The van der Waals surface area contributed by atoms with Crippen molar-refractivity contribution in [2.45, 2.75) is 52.0 Å². The van der Waals surface area contributed by atoms with E-state index in [0.717, 1.165) is 5.92 Å². The second kappa shape index (κ2) is 5.38. The summed E-state index contributed by atoms with van der Waals surface area (Å²) in [5.74, 6) is 0.982. The lowest BCUT2D eigenvalue weighted by atomic mass is 9.84. The first-order valence-corrected chi connectivity index (χ1v) is 6.61. The quantitative estimate of drug-likeness (QED) is 0.792. The van der Waals surface area contributed by atoms with Gasteiger partial charge in [0.2, 0.25) is 0 Å². The summed E-state index contributed by atoms with van der Waals surface area (Å²) < 4.78 is 0. The van der Waals surface area contributed by atoms with Crippen LogP contribution in [0.3, 0.4) is 0 Å². The zero-order valence-electron chi connectivity index (χ0n) is 10.5. The van der Waals surface area contributed by atoms with Crippen LogP contribution in [0.15, 0.2) is 24.3 Å². The Hall–Kier alpha value is -0.980. The molecule has 0 atom stereocenters. The third kappa shape index (κ3) is 3.01. The predicted octanol–water partition coefficient (Wildman–Crippen LogP) is 4.38. The Morgan fingerprint density at radius 3 is 2.56 bits per heavy atom. The summed E-state index contributed by atoms with van der Waals surface area (Å²) in [5.41, 5.74) is 2.63. The van der Waals surface area contributed by atoms with Gasteiger partial charge >= 0.3 is 0 Å². The van der Waals surface area contributed by atoms with Gasteiger partial charge in [-0.15, -0.1) is 0 Å². The Morgan fingerprint density at radius 1 is 1.19 bits per heavy atom. The number of aryl methyl sites for hydroxylation is 1. The number of nitrogens with one attached hydrogen (secondary N) is 1. The molecule has 0 spiro atoms. The number of hydrogen-bond donors (Lipinski definition) is 1. The second-order valence-corrected chi connectivity index (χ2v) is 5.14. The molecule has 1 heteroatoms. The van der Waals surface area contributed by atoms with E-state index in [-0.39, 0.29) is 0 Å². The smallest absolute Gasteiger partial charge is 0.0344 e. The fourth-order valence-corrected chi connectivity index (χ4v) is 2.69. The second-order valence-electron chi connectivity index (χ2n) is 5.14.